The average molecular weight is 219 g/mol. The zero-order valence-corrected chi connectivity index (χ0v) is 7.69. The number of carbonyl (C=O) groups is 1. The van der Waals surface area contributed by atoms with Crippen molar-refractivity contribution < 1.29 is 14.5 Å². The lowest BCUT2D eigenvalue weighted by Gasteiger charge is -1.98. The molecular weight excluding hydrogens is 212 g/mol. The third-order valence-corrected chi connectivity index (χ3v) is 1.27. The van der Waals surface area contributed by atoms with Crippen LogP contribution in [-0.2, 0) is 0 Å². The van der Waals surface area contributed by atoms with Crippen LogP contribution in [0.15, 0.2) is 24.3 Å². The molecule has 0 bridgehead atoms. The van der Waals surface area contributed by atoms with Crippen LogP contribution in [0.3, 0.4) is 0 Å². The summed E-state index contributed by atoms with van der Waals surface area (Å²) in [5.41, 5.74) is 4.65. The van der Waals surface area contributed by atoms with Gasteiger partial charge in [-0.05, 0) is 12.1 Å². The van der Waals surface area contributed by atoms with Gasteiger partial charge in [0, 0.05) is 12.1 Å². The molecule has 0 unspecified atom stereocenters. The zero-order valence-electron chi connectivity index (χ0n) is 6.88. The number of halogens is 1. The van der Waals surface area contributed by atoms with Gasteiger partial charge >= 0.3 is 6.09 Å². The van der Waals surface area contributed by atoms with Gasteiger partial charge in [-0.1, -0.05) is 0 Å². The van der Waals surface area contributed by atoms with Crippen molar-refractivity contribution in [2.24, 2.45) is 5.73 Å². The van der Waals surface area contributed by atoms with Crippen molar-refractivity contribution in [2.75, 3.05) is 0 Å². The molecule has 1 rings (SSSR count). The van der Waals surface area contributed by atoms with Gasteiger partial charge in [-0.3, -0.25) is 10.1 Å². The predicted octanol–water partition coefficient (Wildman–Crippen LogP) is 1.47. The number of hydrogen-bond donors (Lipinski definition) is 1. The van der Waals surface area contributed by atoms with Crippen molar-refractivity contribution in [1.82, 2.24) is 0 Å². The van der Waals surface area contributed by atoms with E-state index in [1.165, 1.54) is 24.3 Å². The summed E-state index contributed by atoms with van der Waals surface area (Å²) in [6.07, 6.45) is -0.950. The summed E-state index contributed by atoms with van der Waals surface area (Å²) in [7, 11) is 0. The minimum absolute atomic E-state index is 0. The Labute approximate surface area is 85.2 Å². The number of nitrogens with zero attached hydrogens (tertiary/aromatic N) is 1. The number of carbonyl (C=O) groups excluding carboxylic acids is 1. The molecular formula is C7H7ClN2O4. The van der Waals surface area contributed by atoms with Crippen molar-refractivity contribution in [3.05, 3.63) is 34.4 Å². The number of primary amides is 1. The van der Waals surface area contributed by atoms with Gasteiger partial charge in [-0.25, -0.2) is 4.79 Å². The molecule has 2 N–H and O–H groups in total. The van der Waals surface area contributed by atoms with E-state index in [2.05, 4.69) is 4.74 Å². The number of benzene rings is 1. The number of nitro groups is 1. The maximum Gasteiger partial charge on any atom is 0.409 e. The first-order valence-corrected chi connectivity index (χ1v) is 3.31. The molecule has 0 radical (unpaired) electrons. The largest absolute Gasteiger partial charge is 0.410 e. The zero-order chi connectivity index (χ0) is 9.84. The molecule has 1 amide bonds. The van der Waals surface area contributed by atoms with E-state index in [4.69, 9.17) is 5.73 Å². The highest BCUT2D eigenvalue weighted by molar-refractivity contribution is 5.85. The van der Waals surface area contributed by atoms with Crippen LogP contribution in [0.5, 0.6) is 5.75 Å². The first-order valence-electron chi connectivity index (χ1n) is 3.31. The smallest absolute Gasteiger partial charge is 0.409 e. The van der Waals surface area contributed by atoms with Crippen LogP contribution in [0.1, 0.15) is 0 Å². The molecule has 0 spiro atoms. The highest BCUT2D eigenvalue weighted by Gasteiger charge is 2.05. The number of rotatable bonds is 2. The topological polar surface area (TPSA) is 95.5 Å². The van der Waals surface area contributed by atoms with Crippen LogP contribution in [0.25, 0.3) is 0 Å². The second-order valence-electron chi connectivity index (χ2n) is 2.17. The van der Waals surface area contributed by atoms with E-state index < -0.39 is 11.0 Å². The Morgan fingerprint density at radius 1 is 1.36 bits per heavy atom. The number of nitrogens with two attached hydrogens (primary N) is 1. The van der Waals surface area contributed by atoms with Gasteiger partial charge in [0.1, 0.15) is 5.75 Å². The Balaban J connectivity index is 0.00000169. The highest BCUT2D eigenvalue weighted by atomic mass is 35.5. The summed E-state index contributed by atoms with van der Waals surface area (Å²) in [4.78, 5) is 19.9. The number of ether oxygens (including phenoxy) is 1. The van der Waals surface area contributed by atoms with Crippen molar-refractivity contribution in [3.8, 4) is 5.75 Å². The molecule has 0 saturated heterocycles. The molecule has 0 heterocycles. The Morgan fingerprint density at radius 2 is 1.86 bits per heavy atom. The third-order valence-electron chi connectivity index (χ3n) is 1.27. The number of nitro benzene ring substituents is 1. The van der Waals surface area contributed by atoms with Crippen molar-refractivity contribution in [2.45, 2.75) is 0 Å². The van der Waals surface area contributed by atoms with Crippen molar-refractivity contribution >= 4 is 24.2 Å². The fraction of sp³-hybridized carbons (Fsp3) is 0. The van der Waals surface area contributed by atoms with Gasteiger partial charge in [-0.15, -0.1) is 12.4 Å². The molecule has 6 nitrogen and oxygen atoms in total. The van der Waals surface area contributed by atoms with Crippen LogP contribution in [0, 0.1) is 10.1 Å². The van der Waals surface area contributed by atoms with Gasteiger partial charge in [0.15, 0.2) is 0 Å². The van der Waals surface area contributed by atoms with Gasteiger partial charge < -0.3 is 10.5 Å². The fourth-order valence-corrected chi connectivity index (χ4v) is 0.752. The Bertz CT molecular complexity index is 338. The normalized spacial score (nSPS) is 8.57. The van der Waals surface area contributed by atoms with Crippen LogP contribution in [-0.4, -0.2) is 11.0 Å². The highest BCUT2D eigenvalue weighted by Crippen LogP contribution is 2.16. The molecule has 1 aromatic rings. The Morgan fingerprint density at radius 3 is 2.21 bits per heavy atom. The lowest BCUT2D eigenvalue weighted by atomic mass is 10.3. The first kappa shape index (κ1) is 12.2. The quantitative estimate of drug-likeness (QED) is 0.601. The van der Waals surface area contributed by atoms with Crippen LogP contribution < -0.4 is 10.5 Å². The molecule has 76 valence electrons. The van der Waals surface area contributed by atoms with E-state index in [1.807, 2.05) is 0 Å². The predicted molar refractivity (Wildman–Crippen MR) is 50.6 cm³/mol. The maximum absolute atomic E-state index is 10.3. The average Bonchev–Trinajstić information content (AvgIpc) is 2.04. The number of non-ortho nitro benzene ring substituents is 1. The number of amides is 1. The van der Waals surface area contributed by atoms with Gasteiger partial charge in [0.25, 0.3) is 5.69 Å². The second-order valence-corrected chi connectivity index (χ2v) is 2.17. The SMILES string of the molecule is Cl.NC(=O)Oc1ccc([N+](=O)[O-])cc1. The molecule has 14 heavy (non-hydrogen) atoms. The first-order chi connectivity index (χ1) is 6.09. The molecule has 0 aromatic heterocycles. The van der Waals surface area contributed by atoms with Gasteiger partial charge in [0.05, 0.1) is 4.92 Å². The minimum atomic E-state index is -0.950. The fourth-order valence-electron chi connectivity index (χ4n) is 0.752. The minimum Gasteiger partial charge on any atom is -0.410 e. The second kappa shape index (κ2) is 5.03. The number of hydrogen-bond acceptors (Lipinski definition) is 4. The maximum atomic E-state index is 10.3. The summed E-state index contributed by atoms with van der Waals surface area (Å²) >= 11 is 0. The van der Waals surface area contributed by atoms with Crippen molar-refractivity contribution in [3.63, 3.8) is 0 Å². The molecule has 0 aliphatic carbocycles. The standard InChI is InChI=1S/C7H6N2O4.ClH/c8-7(10)13-6-3-1-5(2-4-6)9(11)12;/h1-4H,(H2,8,10);1H. The van der Waals surface area contributed by atoms with Crippen LogP contribution >= 0.6 is 12.4 Å². The van der Waals surface area contributed by atoms with E-state index in [9.17, 15) is 14.9 Å². The van der Waals surface area contributed by atoms with Gasteiger partial charge in [-0.2, -0.15) is 0 Å². The summed E-state index contributed by atoms with van der Waals surface area (Å²) in [5.74, 6) is 0.179. The molecule has 7 heteroatoms. The van der Waals surface area contributed by atoms with E-state index in [0.717, 1.165) is 0 Å². The van der Waals surface area contributed by atoms with Gasteiger partial charge in [0.2, 0.25) is 0 Å². The van der Waals surface area contributed by atoms with Crippen LogP contribution in [0.4, 0.5) is 10.5 Å². The summed E-state index contributed by atoms with van der Waals surface area (Å²) < 4.78 is 4.47. The monoisotopic (exact) mass is 218 g/mol. The van der Waals surface area contributed by atoms with E-state index in [-0.39, 0.29) is 23.8 Å². The molecule has 0 saturated carbocycles. The van der Waals surface area contributed by atoms with E-state index in [0.29, 0.717) is 0 Å². The summed E-state index contributed by atoms with van der Waals surface area (Å²) in [6.45, 7) is 0. The molecule has 0 aliphatic heterocycles. The van der Waals surface area contributed by atoms with Crippen molar-refractivity contribution in [1.29, 1.82) is 0 Å². The molecule has 0 fully saturated rings. The lowest BCUT2D eigenvalue weighted by Crippen LogP contribution is -2.16. The Hall–Kier alpha value is -1.82. The summed E-state index contributed by atoms with van der Waals surface area (Å²) in [5, 5.41) is 10.2. The van der Waals surface area contributed by atoms with E-state index >= 15 is 0 Å². The molecule has 1 aromatic carbocycles. The summed E-state index contributed by atoms with van der Waals surface area (Å²) in [6, 6.07) is 5.03. The van der Waals surface area contributed by atoms with Crippen LogP contribution in [0.2, 0.25) is 0 Å². The Kier molecular flexibility index (Phi) is 4.37. The third kappa shape index (κ3) is 3.28. The van der Waals surface area contributed by atoms with E-state index in [1.54, 1.807) is 0 Å². The molecule has 0 aliphatic rings. The lowest BCUT2D eigenvalue weighted by molar-refractivity contribution is -0.384. The molecule has 0 atom stereocenters.